The molecule has 0 spiro atoms. The van der Waals surface area contributed by atoms with Gasteiger partial charge in [-0.05, 0) is 65.8 Å². The molecule has 0 aliphatic carbocycles. The van der Waals surface area contributed by atoms with Gasteiger partial charge in [-0.15, -0.1) is 0 Å². The van der Waals surface area contributed by atoms with Gasteiger partial charge in [0.25, 0.3) is 5.91 Å². The third kappa shape index (κ3) is 5.54. The zero-order valence-electron chi connectivity index (χ0n) is 17.4. The Labute approximate surface area is 181 Å². The smallest absolute Gasteiger partial charge is 0.286 e. The van der Waals surface area contributed by atoms with Crippen LogP contribution in [0.25, 0.3) is 11.1 Å². The predicted molar refractivity (Wildman–Crippen MR) is 118 cm³/mol. The van der Waals surface area contributed by atoms with E-state index in [1.54, 1.807) is 12.1 Å². The number of carbonyl (C=O) groups excluding carboxylic acids is 2. The average molecular weight is 418 g/mol. The Morgan fingerprint density at radius 2 is 1.81 bits per heavy atom. The first kappa shape index (κ1) is 20.7. The van der Waals surface area contributed by atoms with Crippen LogP contribution in [0.4, 0.5) is 0 Å². The number of hydrogen-bond donors (Lipinski definition) is 2. The summed E-state index contributed by atoms with van der Waals surface area (Å²) in [6.07, 6.45) is 4.50. The van der Waals surface area contributed by atoms with E-state index in [-0.39, 0.29) is 17.6 Å². The molecule has 3 aromatic rings. The largest absolute Gasteiger partial charge is 0.493 e. The van der Waals surface area contributed by atoms with Gasteiger partial charge in [-0.1, -0.05) is 30.3 Å². The number of furan rings is 1. The van der Waals surface area contributed by atoms with Gasteiger partial charge in [0.1, 0.15) is 5.75 Å². The van der Waals surface area contributed by atoms with Crippen molar-refractivity contribution >= 4 is 11.8 Å². The van der Waals surface area contributed by atoms with Gasteiger partial charge in [0, 0.05) is 19.5 Å². The van der Waals surface area contributed by atoms with Crippen molar-refractivity contribution in [3.63, 3.8) is 0 Å². The van der Waals surface area contributed by atoms with Crippen LogP contribution in [0.3, 0.4) is 0 Å². The number of amides is 2. The summed E-state index contributed by atoms with van der Waals surface area (Å²) in [5, 5.41) is 5.66. The Kier molecular flexibility index (Phi) is 6.67. The van der Waals surface area contributed by atoms with E-state index in [0.29, 0.717) is 25.9 Å². The normalized spacial score (nSPS) is 12.5. The fourth-order valence-electron chi connectivity index (χ4n) is 3.59. The Morgan fingerprint density at radius 3 is 2.61 bits per heavy atom. The maximum Gasteiger partial charge on any atom is 0.286 e. The molecular weight excluding hydrogens is 392 g/mol. The molecule has 0 fully saturated rings. The molecule has 0 saturated heterocycles. The van der Waals surface area contributed by atoms with Gasteiger partial charge in [0.15, 0.2) is 5.76 Å². The van der Waals surface area contributed by atoms with Crippen LogP contribution < -0.4 is 15.4 Å². The Balaban J connectivity index is 1.20. The molecule has 160 valence electrons. The SMILES string of the molecule is O=C(CCCNC(=O)c1ccco1)NCc1ccc(-c2ccc3c(c2)CCCO3)cc1. The van der Waals surface area contributed by atoms with Crippen molar-refractivity contribution in [3.05, 3.63) is 77.7 Å². The van der Waals surface area contributed by atoms with Crippen molar-refractivity contribution in [2.75, 3.05) is 13.2 Å². The second-order valence-corrected chi connectivity index (χ2v) is 7.58. The lowest BCUT2D eigenvalue weighted by atomic mass is 9.98. The summed E-state index contributed by atoms with van der Waals surface area (Å²) in [7, 11) is 0. The van der Waals surface area contributed by atoms with E-state index < -0.39 is 0 Å². The predicted octanol–water partition coefficient (Wildman–Crippen LogP) is 4.10. The lowest BCUT2D eigenvalue weighted by Crippen LogP contribution is -2.27. The molecule has 4 rings (SSSR count). The van der Waals surface area contributed by atoms with E-state index in [1.165, 1.54) is 17.4 Å². The molecule has 0 radical (unpaired) electrons. The molecule has 0 unspecified atom stereocenters. The van der Waals surface area contributed by atoms with Crippen LogP contribution in [0, 0.1) is 0 Å². The van der Waals surface area contributed by atoms with E-state index >= 15 is 0 Å². The van der Waals surface area contributed by atoms with E-state index in [9.17, 15) is 9.59 Å². The molecule has 0 atom stereocenters. The molecule has 6 nitrogen and oxygen atoms in total. The molecule has 2 heterocycles. The summed E-state index contributed by atoms with van der Waals surface area (Å²) in [5.41, 5.74) is 4.64. The van der Waals surface area contributed by atoms with Crippen molar-refractivity contribution in [2.24, 2.45) is 0 Å². The number of fused-ring (bicyclic) bond motifs is 1. The van der Waals surface area contributed by atoms with Gasteiger partial charge in [0.2, 0.25) is 5.91 Å². The molecule has 1 aliphatic heterocycles. The minimum atomic E-state index is -0.267. The molecule has 31 heavy (non-hydrogen) atoms. The van der Waals surface area contributed by atoms with Crippen molar-refractivity contribution in [3.8, 4) is 16.9 Å². The summed E-state index contributed by atoms with van der Waals surface area (Å²) in [5.74, 6) is 0.967. The second-order valence-electron chi connectivity index (χ2n) is 7.58. The number of ether oxygens (including phenoxy) is 1. The third-order valence-electron chi connectivity index (χ3n) is 5.30. The fraction of sp³-hybridized carbons (Fsp3) is 0.280. The van der Waals surface area contributed by atoms with Gasteiger partial charge in [-0.2, -0.15) is 0 Å². The summed E-state index contributed by atoms with van der Waals surface area (Å²) in [6.45, 7) is 1.70. The van der Waals surface area contributed by atoms with Crippen molar-refractivity contribution in [1.82, 2.24) is 10.6 Å². The number of carbonyl (C=O) groups is 2. The van der Waals surface area contributed by atoms with Crippen LogP contribution in [0.15, 0.2) is 65.3 Å². The van der Waals surface area contributed by atoms with Gasteiger partial charge in [-0.25, -0.2) is 0 Å². The number of rotatable bonds is 8. The Hall–Kier alpha value is -3.54. The molecule has 6 heteroatoms. The summed E-state index contributed by atoms with van der Waals surface area (Å²) >= 11 is 0. The number of aryl methyl sites for hydroxylation is 1. The highest BCUT2D eigenvalue weighted by molar-refractivity contribution is 5.91. The zero-order valence-corrected chi connectivity index (χ0v) is 17.4. The lowest BCUT2D eigenvalue weighted by molar-refractivity contribution is -0.121. The first-order chi connectivity index (χ1) is 15.2. The maximum absolute atomic E-state index is 12.1. The van der Waals surface area contributed by atoms with E-state index in [0.717, 1.165) is 36.3 Å². The summed E-state index contributed by atoms with van der Waals surface area (Å²) in [6, 6.07) is 17.8. The van der Waals surface area contributed by atoms with Crippen LogP contribution >= 0.6 is 0 Å². The molecule has 2 aromatic carbocycles. The minimum Gasteiger partial charge on any atom is -0.493 e. The second kappa shape index (κ2) is 9.98. The molecule has 2 amide bonds. The number of nitrogens with one attached hydrogen (secondary N) is 2. The van der Waals surface area contributed by atoms with Crippen LogP contribution in [-0.4, -0.2) is 25.0 Å². The lowest BCUT2D eigenvalue weighted by Gasteiger charge is -2.18. The molecular formula is C25H26N2O4. The van der Waals surface area contributed by atoms with Crippen LogP contribution in [0.5, 0.6) is 5.75 Å². The Morgan fingerprint density at radius 1 is 0.968 bits per heavy atom. The quantitative estimate of drug-likeness (QED) is 0.540. The molecule has 2 N–H and O–H groups in total. The highest BCUT2D eigenvalue weighted by Gasteiger charge is 2.11. The number of benzene rings is 2. The van der Waals surface area contributed by atoms with Crippen molar-refractivity contribution < 1.29 is 18.7 Å². The average Bonchev–Trinajstić information content (AvgIpc) is 3.36. The van der Waals surface area contributed by atoms with Gasteiger partial charge in [0.05, 0.1) is 12.9 Å². The minimum absolute atomic E-state index is 0.0361. The first-order valence-electron chi connectivity index (χ1n) is 10.6. The van der Waals surface area contributed by atoms with Crippen molar-refractivity contribution in [1.29, 1.82) is 0 Å². The van der Waals surface area contributed by atoms with Crippen LogP contribution in [-0.2, 0) is 17.8 Å². The van der Waals surface area contributed by atoms with E-state index in [1.807, 2.05) is 12.1 Å². The monoisotopic (exact) mass is 418 g/mol. The zero-order chi connectivity index (χ0) is 21.5. The van der Waals surface area contributed by atoms with Gasteiger partial charge in [-0.3, -0.25) is 9.59 Å². The van der Waals surface area contributed by atoms with Crippen LogP contribution in [0.1, 0.15) is 40.9 Å². The Bertz CT molecular complexity index is 1030. The molecule has 1 aliphatic rings. The standard InChI is InChI=1S/C25H26N2O4/c28-24(6-1-13-26-25(29)23-5-3-15-31-23)27-17-18-7-9-19(10-8-18)20-11-12-22-21(16-20)4-2-14-30-22/h3,5,7-12,15-16H,1-2,4,6,13-14,17H2,(H,26,29)(H,27,28). The van der Waals surface area contributed by atoms with E-state index in [2.05, 4.69) is 41.0 Å². The maximum atomic E-state index is 12.1. The van der Waals surface area contributed by atoms with Gasteiger partial charge >= 0.3 is 0 Å². The highest BCUT2D eigenvalue weighted by Crippen LogP contribution is 2.30. The molecule has 1 aromatic heterocycles. The van der Waals surface area contributed by atoms with Crippen LogP contribution in [0.2, 0.25) is 0 Å². The summed E-state index contributed by atoms with van der Waals surface area (Å²) in [4.78, 5) is 23.8. The first-order valence-corrected chi connectivity index (χ1v) is 10.6. The fourth-order valence-corrected chi connectivity index (χ4v) is 3.59. The third-order valence-corrected chi connectivity index (χ3v) is 5.30. The number of hydrogen-bond acceptors (Lipinski definition) is 4. The van der Waals surface area contributed by atoms with Crippen molar-refractivity contribution in [2.45, 2.75) is 32.2 Å². The highest BCUT2D eigenvalue weighted by atomic mass is 16.5. The molecule has 0 bridgehead atoms. The van der Waals surface area contributed by atoms with E-state index in [4.69, 9.17) is 9.15 Å². The summed E-state index contributed by atoms with van der Waals surface area (Å²) < 4.78 is 10.7. The molecule has 0 saturated carbocycles. The topological polar surface area (TPSA) is 80.6 Å². The van der Waals surface area contributed by atoms with Gasteiger partial charge < -0.3 is 19.8 Å².